The lowest BCUT2D eigenvalue weighted by Crippen LogP contribution is -2.40. The topological polar surface area (TPSA) is 99.4 Å². The second kappa shape index (κ2) is 8.64. The van der Waals surface area contributed by atoms with Gasteiger partial charge in [-0.2, -0.15) is 0 Å². The molecular weight excluding hydrogens is 430 g/mol. The lowest BCUT2D eigenvalue weighted by molar-refractivity contribution is -0.116. The molecule has 8 nitrogen and oxygen atoms in total. The van der Waals surface area contributed by atoms with E-state index in [1.54, 1.807) is 48.5 Å². The summed E-state index contributed by atoms with van der Waals surface area (Å²) in [6, 6.07) is 16.5. The van der Waals surface area contributed by atoms with E-state index in [0.717, 1.165) is 9.44 Å². The zero-order valence-electron chi connectivity index (χ0n) is 17.3. The van der Waals surface area contributed by atoms with E-state index in [1.807, 2.05) is 6.92 Å². The minimum Gasteiger partial charge on any atom is -0.465 e. The van der Waals surface area contributed by atoms with E-state index in [1.165, 1.54) is 35.1 Å². The highest BCUT2D eigenvalue weighted by molar-refractivity contribution is 7.18. The van der Waals surface area contributed by atoms with Crippen LogP contribution < -0.4 is 16.6 Å². The highest BCUT2D eigenvalue weighted by atomic mass is 32.1. The largest absolute Gasteiger partial charge is 0.465 e. The number of aryl methyl sites for hydroxylation is 1. The number of hydrogen-bond acceptors (Lipinski definition) is 6. The van der Waals surface area contributed by atoms with Crippen molar-refractivity contribution in [3.8, 4) is 5.69 Å². The maximum atomic E-state index is 13.3. The summed E-state index contributed by atoms with van der Waals surface area (Å²) >= 11 is 1.29. The van der Waals surface area contributed by atoms with Gasteiger partial charge in [0, 0.05) is 10.6 Å². The average Bonchev–Trinajstić information content (AvgIpc) is 3.19. The molecule has 2 heterocycles. The fourth-order valence-corrected chi connectivity index (χ4v) is 4.36. The number of benzene rings is 2. The summed E-state index contributed by atoms with van der Waals surface area (Å²) in [5, 5.41) is 3.09. The maximum absolute atomic E-state index is 13.3. The Labute approximate surface area is 186 Å². The van der Waals surface area contributed by atoms with Crippen LogP contribution in [0.4, 0.5) is 5.69 Å². The molecule has 4 rings (SSSR count). The van der Waals surface area contributed by atoms with E-state index in [0.29, 0.717) is 27.2 Å². The Balaban J connectivity index is 1.71. The molecule has 0 unspecified atom stereocenters. The molecule has 0 aliphatic rings. The van der Waals surface area contributed by atoms with Crippen LogP contribution in [-0.2, 0) is 16.1 Å². The summed E-state index contributed by atoms with van der Waals surface area (Å²) in [4.78, 5) is 51.9. The number of amides is 1. The smallest absolute Gasteiger partial charge is 0.337 e. The first-order chi connectivity index (χ1) is 15.4. The summed E-state index contributed by atoms with van der Waals surface area (Å²) in [7, 11) is 1.29. The second-order valence-electron chi connectivity index (χ2n) is 7.04. The first kappa shape index (κ1) is 21.3. The van der Waals surface area contributed by atoms with Gasteiger partial charge >= 0.3 is 11.7 Å². The number of para-hydroxylation sites is 1. The van der Waals surface area contributed by atoms with Gasteiger partial charge in [-0.1, -0.05) is 18.2 Å². The van der Waals surface area contributed by atoms with Crippen molar-refractivity contribution in [3.05, 3.63) is 91.9 Å². The number of ether oxygens (including phenoxy) is 1. The molecule has 0 aliphatic heterocycles. The zero-order valence-corrected chi connectivity index (χ0v) is 18.1. The highest BCUT2D eigenvalue weighted by Crippen LogP contribution is 2.22. The number of hydrogen-bond donors (Lipinski definition) is 1. The van der Waals surface area contributed by atoms with Crippen molar-refractivity contribution in [2.45, 2.75) is 13.5 Å². The Morgan fingerprint density at radius 2 is 1.72 bits per heavy atom. The van der Waals surface area contributed by atoms with Crippen LogP contribution in [-0.4, -0.2) is 28.1 Å². The zero-order chi connectivity index (χ0) is 22.8. The third kappa shape index (κ3) is 3.97. The normalized spacial score (nSPS) is 10.8. The Hall–Kier alpha value is -3.98. The van der Waals surface area contributed by atoms with Gasteiger partial charge in [-0.15, -0.1) is 11.3 Å². The van der Waals surface area contributed by atoms with E-state index in [9.17, 15) is 19.2 Å². The minimum atomic E-state index is -0.591. The van der Waals surface area contributed by atoms with Gasteiger partial charge in [-0.3, -0.25) is 14.2 Å². The van der Waals surface area contributed by atoms with Crippen molar-refractivity contribution in [1.82, 2.24) is 9.13 Å². The van der Waals surface area contributed by atoms with Crippen LogP contribution >= 0.6 is 11.3 Å². The number of carbonyl (C=O) groups excluding carboxylic acids is 2. The third-order valence-corrected chi connectivity index (χ3v) is 5.92. The summed E-state index contributed by atoms with van der Waals surface area (Å²) in [5.74, 6) is -0.920. The molecule has 2 aromatic carbocycles. The minimum absolute atomic E-state index is 0.277. The molecule has 0 bridgehead atoms. The molecule has 0 fully saturated rings. The Bertz CT molecular complexity index is 1430. The summed E-state index contributed by atoms with van der Waals surface area (Å²) in [6.07, 6.45) is 0. The van der Waals surface area contributed by atoms with Crippen molar-refractivity contribution in [2.75, 3.05) is 12.4 Å². The molecule has 2 aromatic heterocycles. The number of rotatable bonds is 5. The SMILES string of the molecule is COC(=O)c1ccc(NC(=O)Cn2c(=O)n(-c3ccccc3)c(=O)c3cc(C)sc32)cc1. The van der Waals surface area contributed by atoms with Crippen LogP contribution in [0.2, 0.25) is 0 Å². The molecule has 0 saturated heterocycles. The fourth-order valence-electron chi connectivity index (χ4n) is 3.37. The molecule has 1 N–H and O–H groups in total. The number of esters is 1. The molecule has 162 valence electrons. The number of aromatic nitrogens is 2. The molecule has 32 heavy (non-hydrogen) atoms. The molecule has 1 amide bonds. The molecule has 0 saturated carbocycles. The summed E-state index contributed by atoms with van der Waals surface area (Å²) < 4.78 is 7.04. The van der Waals surface area contributed by atoms with Gasteiger partial charge < -0.3 is 10.1 Å². The van der Waals surface area contributed by atoms with Crippen LogP contribution in [0.25, 0.3) is 15.9 Å². The predicted molar refractivity (Wildman–Crippen MR) is 123 cm³/mol. The number of carbonyl (C=O) groups is 2. The molecule has 0 atom stereocenters. The number of nitrogens with zero attached hydrogens (tertiary/aromatic N) is 2. The lowest BCUT2D eigenvalue weighted by atomic mass is 10.2. The Morgan fingerprint density at radius 1 is 1.03 bits per heavy atom. The average molecular weight is 449 g/mol. The Morgan fingerprint density at radius 3 is 2.38 bits per heavy atom. The first-order valence-electron chi connectivity index (χ1n) is 9.68. The number of methoxy groups -OCH3 is 1. The number of thiophene rings is 1. The van der Waals surface area contributed by atoms with E-state index >= 15 is 0 Å². The van der Waals surface area contributed by atoms with Crippen LogP contribution in [0.3, 0.4) is 0 Å². The fraction of sp³-hybridized carbons (Fsp3) is 0.130. The predicted octanol–water partition coefficient (Wildman–Crippen LogP) is 2.95. The molecular formula is C23H19N3O5S. The summed E-state index contributed by atoms with van der Waals surface area (Å²) in [5.41, 5.74) is 0.237. The molecule has 0 aliphatic carbocycles. The van der Waals surface area contributed by atoms with Crippen molar-refractivity contribution in [1.29, 1.82) is 0 Å². The van der Waals surface area contributed by atoms with Crippen LogP contribution in [0, 0.1) is 6.92 Å². The first-order valence-corrected chi connectivity index (χ1v) is 10.5. The lowest BCUT2D eigenvalue weighted by Gasteiger charge is -2.12. The third-order valence-electron chi connectivity index (χ3n) is 4.84. The summed E-state index contributed by atoms with van der Waals surface area (Å²) in [6.45, 7) is 1.57. The van der Waals surface area contributed by atoms with Crippen molar-refractivity contribution in [2.24, 2.45) is 0 Å². The van der Waals surface area contributed by atoms with Gasteiger partial charge in [0.2, 0.25) is 5.91 Å². The molecule has 4 aromatic rings. The molecule has 0 radical (unpaired) electrons. The van der Waals surface area contributed by atoms with E-state index in [-0.39, 0.29) is 6.54 Å². The van der Waals surface area contributed by atoms with Crippen molar-refractivity contribution >= 4 is 39.1 Å². The van der Waals surface area contributed by atoms with Gasteiger partial charge in [-0.05, 0) is 49.4 Å². The second-order valence-corrected chi connectivity index (χ2v) is 8.27. The van der Waals surface area contributed by atoms with Gasteiger partial charge in [0.1, 0.15) is 11.4 Å². The maximum Gasteiger partial charge on any atom is 0.337 e. The van der Waals surface area contributed by atoms with E-state index < -0.39 is 23.1 Å². The molecule has 0 spiro atoms. The van der Waals surface area contributed by atoms with E-state index in [2.05, 4.69) is 10.1 Å². The van der Waals surface area contributed by atoms with Crippen LogP contribution in [0.15, 0.2) is 70.3 Å². The van der Waals surface area contributed by atoms with Crippen molar-refractivity contribution in [3.63, 3.8) is 0 Å². The van der Waals surface area contributed by atoms with Crippen molar-refractivity contribution < 1.29 is 14.3 Å². The van der Waals surface area contributed by atoms with Crippen LogP contribution in [0.5, 0.6) is 0 Å². The number of nitrogens with one attached hydrogen (secondary N) is 1. The van der Waals surface area contributed by atoms with Gasteiger partial charge in [0.05, 0.1) is 23.7 Å². The van der Waals surface area contributed by atoms with E-state index in [4.69, 9.17) is 0 Å². The van der Waals surface area contributed by atoms with Crippen LogP contribution in [0.1, 0.15) is 15.2 Å². The monoisotopic (exact) mass is 449 g/mol. The standard InChI is InChI=1S/C23H19N3O5S/c1-14-12-18-20(28)26(17-6-4-3-5-7-17)23(30)25(21(18)32-14)13-19(27)24-16-10-8-15(9-11-16)22(29)31-2/h3-12H,13H2,1-2H3,(H,24,27). The molecule has 9 heteroatoms. The van der Waals surface area contributed by atoms with Gasteiger partial charge in [0.15, 0.2) is 0 Å². The van der Waals surface area contributed by atoms with Gasteiger partial charge in [0.25, 0.3) is 5.56 Å². The highest BCUT2D eigenvalue weighted by Gasteiger charge is 2.18. The quantitative estimate of drug-likeness (QED) is 0.472. The Kier molecular flexibility index (Phi) is 5.74. The van der Waals surface area contributed by atoms with Gasteiger partial charge in [-0.25, -0.2) is 14.2 Å². The number of anilines is 1. The number of fused-ring (bicyclic) bond motifs is 1.